The van der Waals surface area contributed by atoms with E-state index < -0.39 is 6.04 Å². The second kappa shape index (κ2) is 13.0. The molecule has 34 heavy (non-hydrogen) atoms. The molecule has 0 fully saturated rings. The Kier molecular flexibility index (Phi) is 9.72. The SMILES string of the molecule is CCCCNC(=O)C(C)N(Cc1cccc(Cl)c1)C(=O)CC(c1ccccc1)c1ccccc1. The number of nitrogens with zero attached hydrogens (tertiary/aromatic N) is 1. The van der Waals surface area contributed by atoms with Crippen molar-refractivity contribution in [2.24, 2.45) is 0 Å². The summed E-state index contributed by atoms with van der Waals surface area (Å²) in [6.07, 6.45) is 2.17. The van der Waals surface area contributed by atoms with Gasteiger partial charge >= 0.3 is 0 Å². The van der Waals surface area contributed by atoms with Gasteiger partial charge < -0.3 is 10.2 Å². The number of rotatable bonds is 11. The number of nitrogens with one attached hydrogen (secondary N) is 1. The fourth-order valence-corrected chi connectivity index (χ4v) is 4.25. The largest absolute Gasteiger partial charge is 0.354 e. The highest BCUT2D eigenvalue weighted by atomic mass is 35.5. The van der Waals surface area contributed by atoms with Crippen molar-refractivity contribution < 1.29 is 9.59 Å². The van der Waals surface area contributed by atoms with Crippen LogP contribution in [0.25, 0.3) is 0 Å². The fourth-order valence-electron chi connectivity index (χ4n) is 4.04. The van der Waals surface area contributed by atoms with Crippen LogP contribution < -0.4 is 5.32 Å². The van der Waals surface area contributed by atoms with Crippen LogP contribution >= 0.6 is 11.6 Å². The normalized spacial score (nSPS) is 11.8. The van der Waals surface area contributed by atoms with Gasteiger partial charge in [0.05, 0.1) is 0 Å². The van der Waals surface area contributed by atoms with Crippen molar-refractivity contribution in [1.29, 1.82) is 0 Å². The molecule has 0 heterocycles. The number of benzene rings is 3. The van der Waals surface area contributed by atoms with Crippen LogP contribution in [0.5, 0.6) is 0 Å². The molecule has 178 valence electrons. The molecule has 3 aromatic carbocycles. The highest BCUT2D eigenvalue weighted by Crippen LogP contribution is 2.29. The Morgan fingerprint density at radius 3 is 2.09 bits per heavy atom. The minimum Gasteiger partial charge on any atom is -0.354 e. The Labute approximate surface area is 207 Å². The third kappa shape index (κ3) is 7.19. The van der Waals surface area contributed by atoms with E-state index in [1.165, 1.54) is 0 Å². The molecule has 0 radical (unpaired) electrons. The van der Waals surface area contributed by atoms with E-state index >= 15 is 0 Å². The molecule has 5 heteroatoms. The third-order valence-electron chi connectivity index (χ3n) is 6.02. The van der Waals surface area contributed by atoms with E-state index in [0.29, 0.717) is 18.1 Å². The summed E-state index contributed by atoms with van der Waals surface area (Å²) in [4.78, 5) is 28.4. The zero-order valence-corrected chi connectivity index (χ0v) is 20.7. The molecule has 0 aliphatic heterocycles. The molecule has 4 nitrogen and oxygen atoms in total. The first-order chi connectivity index (χ1) is 16.5. The number of amides is 2. The number of hydrogen-bond acceptors (Lipinski definition) is 2. The van der Waals surface area contributed by atoms with Crippen molar-refractivity contribution in [2.75, 3.05) is 6.54 Å². The van der Waals surface area contributed by atoms with Crippen LogP contribution in [-0.2, 0) is 16.1 Å². The molecule has 1 unspecified atom stereocenters. The number of hydrogen-bond donors (Lipinski definition) is 1. The average Bonchev–Trinajstić information content (AvgIpc) is 2.86. The Bertz CT molecular complexity index is 1020. The lowest BCUT2D eigenvalue weighted by Gasteiger charge is -2.30. The van der Waals surface area contributed by atoms with Gasteiger partial charge in [0.1, 0.15) is 6.04 Å². The summed E-state index contributed by atoms with van der Waals surface area (Å²) in [5.41, 5.74) is 3.04. The second-order valence-electron chi connectivity index (χ2n) is 8.55. The van der Waals surface area contributed by atoms with Crippen LogP contribution in [0.3, 0.4) is 0 Å². The zero-order valence-electron chi connectivity index (χ0n) is 19.9. The van der Waals surface area contributed by atoms with E-state index in [-0.39, 0.29) is 24.2 Å². The lowest BCUT2D eigenvalue weighted by atomic mass is 9.88. The second-order valence-corrected chi connectivity index (χ2v) is 8.99. The van der Waals surface area contributed by atoms with Crippen molar-refractivity contribution in [1.82, 2.24) is 10.2 Å². The van der Waals surface area contributed by atoms with Crippen LogP contribution in [0.4, 0.5) is 0 Å². The van der Waals surface area contributed by atoms with E-state index in [1.807, 2.05) is 78.9 Å². The lowest BCUT2D eigenvalue weighted by molar-refractivity contribution is -0.140. The zero-order chi connectivity index (χ0) is 24.3. The van der Waals surface area contributed by atoms with Crippen LogP contribution in [0.1, 0.15) is 55.7 Å². The summed E-state index contributed by atoms with van der Waals surface area (Å²) < 4.78 is 0. The Morgan fingerprint density at radius 1 is 0.912 bits per heavy atom. The summed E-state index contributed by atoms with van der Waals surface area (Å²) in [5.74, 6) is -0.317. The van der Waals surface area contributed by atoms with Gasteiger partial charge in [0.15, 0.2) is 0 Å². The highest BCUT2D eigenvalue weighted by Gasteiger charge is 2.29. The number of halogens is 1. The van der Waals surface area contributed by atoms with Crippen LogP contribution in [0.15, 0.2) is 84.9 Å². The monoisotopic (exact) mass is 476 g/mol. The highest BCUT2D eigenvalue weighted by molar-refractivity contribution is 6.30. The molecule has 1 N–H and O–H groups in total. The van der Waals surface area contributed by atoms with Gasteiger partial charge in [-0.1, -0.05) is 97.7 Å². The Morgan fingerprint density at radius 2 is 1.53 bits per heavy atom. The van der Waals surface area contributed by atoms with Crippen LogP contribution in [-0.4, -0.2) is 29.3 Å². The standard InChI is InChI=1S/C29H33ClN2O2/c1-3-4-18-31-29(34)22(2)32(21-23-12-11-17-26(30)19-23)28(33)20-27(24-13-7-5-8-14-24)25-15-9-6-10-16-25/h5-17,19,22,27H,3-4,18,20-21H2,1-2H3,(H,31,34). The number of carbonyl (C=O) groups is 2. The predicted molar refractivity (Wildman–Crippen MR) is 139 cm³/mol. The minimum atomic E-state index is -0.601. The molecule has 0 saturated carbocycles. The van der Waals surface area contributed by atoms with E-state index in [2.05, 4.69) is 12.2 Å². The van der Waals surface area contributed by atoms with Crippen LogP contribution in [0.2, 0.25) is 5.02 Å². The maximum absolute atomic E-state index is 13.8. The summed E-state index contributed by atoms with van der Waals surface area (Å²) in [6, 6.07) is 26.9. The molecular weight excluding hydrogens is 444 g/mol. The summed E-state index contributed by atoms with van der Waals surface area (Å²) in [6.45, 7) is 4.80. The molecule has 3 aromatic rings. The van der Waals surface area contributed by atoms with Crippen molar-refractivity contribution in [2.45, 2.75) is 51.6 Å². The average molecular weight is 477 g/mol. The molecular formula is C29H33ClN2O2. The number of carbonyl (C=O) groups excluding carboxylic acids is 2. The summed E-state index contributed by atoms with van der Waals surface area (Å²) >= 11 is 6.20. The molecule has 3 rings (SSSR count). The van der Waals surface area contributed by atoms with Gasteiger partial charge in [-0.25, -0.2) is 0 Å². The Balaban J connectivity index is 1.88. The molecule has 0 bridgehead atoms. The molecule has 0 aromatic heterocycles. The first kappa shape index (κ1) is 25.5. The smallest absolute Gasteiger partial charge is 0.242 e. The molecule has 2 amide bonds. The van der Waals surface area contributed by atoms with Gasteiger partial charge in [-0.2, -0.15) is 0 Å². The molecule has 1 atom stereocenters. The van der Waals surface area contributed by atoms with E-state index in [4.69, 9.17) is 11.6 Å². The van der Waals surface area contributed by atoms with Crippen LogP contribution in [0, 0.1) is 0 Å². The quantitative estimate of drug-likeness (QED) is 0.335. The molecule has 0 saturated heterocycles. The van der Waals surface area contributed by atoms with E-state index in [0.717, 1.165) is 29.5 Å². The summed E-state index contributed by atoms with van der Waals surface area (Å²) in [7, 11) is 0. The number of unbranched alkanes of at least 4 members (excludes halogenated alkanes) is 1. The van der Waals surface area contributed by atoms with Crippen molar-refractivity contribution >= 4 is 23.4 Å². The van der Waals surface area contributed by atoms with Gasteiger partial charge in [-0.3, -0.25) is 9.59 Å². The van der Waals surface area contributed by atoms with Gasteiger partial charge in [0, 0.05) is 30.5 Å². The summed E-state index contributed by atoms with van der Waals surface area (Å²) in [5, 5.41) is 3.58. The maximum Gasteiger partial charge on any atom is 0.242 e. The molecule has 0 aliphatic rings. The van der Waals surface area contributed by atoms with Gasteiger partial charge in [0.25, 0.3) is 0 Å². The van der Waals surface area contributed by atoms with Gasteiger partial charge in [-0.05, 0) is 42.2 Å². The van der Waals surface area contributed by atoms with Gasteiger partial charge in [-0.15, -0.1) is 0 Å². The van der Waals surface area contributed by atoms with Crippen molar-refractivity contribution in [3.63, 3.8) is 0 Å². The lowest BCUT2D eigenvalue weighted by Crippen LogP contribution is -2.48. The van der Waals surface area contributed by atoms with E-state index in [9.17, 15) is 9.59 Å². The molecule has 0 aliphatic carbocycles. The van der Waals surface area contributed by atoms with Crippen molar-refractivity contribution in [3.05, 3.63) is 107 Å². The molecule has 0 spiro atoms. The van der Waals surface area contributed by atoms with Crippen molar-refractivity contribution in [3.8, 4) is 0 Å². The first-order valence-corrected chi connectivity index (χ1v) is 12.3. The maximum atomic E-state index is 13.8. The minimum absolute atomic E-state index is 0.0733. The first-order valence-electron chi connectivity index (χ1n) is 11.9. The van der Waals surface area contributed by atoms with E-state index in [1.54, 1.807) is 17.9 Å². The Hall–Kier alpha value is -3.11. The predicted octanol–water partition coefficient (Wildman–Crippen LogP) is 6.20. The third-order valence-corrected chi connectivity index (χ3v) is 6.26. The fraction of sp³-hybridized carbons (Fsp3) is 0.310. The topological polar surface area (TPSA) is 49.4 Å². The van der Waals surface area contributed by atoms with Gasteiger partial charge in [0.2, 0.25) is 11.8 Å².